The van der Waals surface area contributed by atoms with Gasteiger partial charge in [-0.1, -0.05) is 46.1 Å². The molecule has 1 rings (SSSR count). The standard InChI is InChI=1S/C12H15BrCl2O2S/c1-9(4-6-13)5-7-18(16,17)12-8-10(14)2-3-11(12)15/h2-3,8-9H,4-7H2,1H3. The zero-order valence-corrected chi connectivity index (χ0v) is 13.9. The summed E-state index contributed by atoms with van der Waals surface area (Å²) in [5, 5.41) is 1.49. The second kappa shape index (κ2) is 7.13. The van der Waals surface area contributed by atoms with E-state index in [1.54, 1.807) is 6.07 Å². The van der Waals surface area contributed by atoms with Gasteiger partial charge in [0.15, 0.2) is 9.84 Å². The van der Waals surface area contributed by atoms with Gasteiger partial charge in [-0.25, -0.2) is 8.42 Å². The van der Waals surface area contributed by atoms with Gasteiger partial charge in [-0.2, -0.15) is 0 Å². The van der Waals surface area contributed by atoms with Gasteiger partial charge in [0.05, 0.1) is 15.7 Å². The molecule has 0 saturated carbocycles. The zero-order valence-electron chi connectivity index (χ0n) is 10.00. The summed E-state index contributed by atoms with van der Waals surface area (Å²) in [6.45, 7) is 2.04. The molecule has 1 aromatic carbocycles. The molecule has 0 aliphatic rings. The quantitative estimate of drug-likeness (QED) is 0.684. The third-order valence-electron chi connectivity index (χ3n) is 2.71. The Labute approximate surface area is 127 Å². The smallest absolute Gasteiger partial charge is 0.179 e. The summed E-state index contributed by atoms with van der Waals surface area (Å²) < 4.78 is 24.3. The number of rotatable bonds is 6. The number of hydrogen-bond donors (Lipinski definition) is 0. The molecule has 0 saturated heterocycles. The Morgan fingerprint density at radius 2 is 1.94 bits per heavy atom. The lowest BCUT2D eigenvalue weighted by Gasteiger charge is -2.11. The summed E-state index contributed by atoms with van der Waals surface area (Å²) in [5.41, 5.74) is 0. The van der Waals surface area contributed by atoms with Crippen LogP contribution in [0.15, 0.2) is 23.1 Å². The Balaban J connectivity index is 2.83. The van der Waals surface area contributed by atoms with Gasteiger partial charge in [0.1, 0.15) is 0 Å². The van der Waals surface area contributed by atoms with Crippen LogP contribution < -0.4 is 0 Å². The van der Waals surface area contributed by atoms with Crippen molar-refractivity contribution in [1.29, 1.82) is 0 Å². The van der Waals surface area contributed by atoms with Gasteiger partial charge in [-0.15, -0.1) is 0 Å². The van der Waals surface area contributed by atoms with E-state index in [1.165, 1.54) is 12.1 Å². The Morgan fingerprint density at radius 3 is 2.56 bits per heavy atom. The SMILES string of the molecule is CC(CCBr)CCS(=O)(=O)c1cc(Cl)ccc1Cl. The predicted molar refractivity (Wildman–Crippen MR) is 80.7 cm³/mol. The van der Waals surface area contributed by atoms with Crippen LogP contribution in [0.2, 0.25) is 10.0 Å². The van der Waals surface area contributed by atoms with Gasteiger partial charge < -0.3 is 0 Å². The molecule has 0 amide bonds. The van der Waals surface area contributed by atoms with E-state index in [0.717, 1.165) is 11.8 Å². The van der Waals surface area contributed by atoms with Crippen LogP contribution in [0.4, 0.5) is 0 Å². The maximum Gasteiger partial charge on any atom is 0.179 e. The van der Waals surface area contributed by atoms with Gasteiger partial charge >= 0.3 is 0 Å². The Morgan fingerprint density at radius 1 is 1.28 bits per heavy atom. The first-order chi connectivity index (χ1) is 8.36. The van der Waals surface area contributed by atoms with E-state index in [1.807, 2.05) is 6.92 Å². The van der Waals surface area contributed by atoms with E-state index in [-0.39, 0.29) is 15.7 Å². The summed E-state index contributed by atoms with van der Waals surface area (Å²) in [6, 6.07) is 4.50. The van der Waals surface area contributed by atoms with Crippen molar-refractivity contribution in [2.75, 3.05) is 11.1 Å². The Kier molecular flexibility index (Phi) is 6.45. The van der Waals surface area contributed by atoms with Gasteiger partial charge in [0, 0.05) is 10.4 Å². The third kappa shape index (κ3) is 4.72. The lowest BCUT2D eigenvalue weighted by Crippen LogP contribution is -2.11. The number of benzene rings is 1. The van der Waals surface area contributed by atoms with Crippen molar-refractivity contribution in [3.8, 4) is 0 Å². The van der Waals surface area contributed by atoms with Crippen LogP contribution >= 0.6 is 39.1 Å². The van der Waals surface area contributed by atoms with E-state index in [0.29, 0.717) is 17.4 Å². The second-order valence-electron chi connectivity index (χ2n) is 4.27. The van der Waals surface area contributed by atoms with Crippen LogP contribution in [0.1, 0.15) is 19.8 Å². The van der Waals surface area contributed by atoms with Crippen molar-refractivity contribution in [3.63, 3.8) is 0 Å². The van der Waals surface area contributed by atoms with E-state index >= 15 is 0 Å². The highest BCUT2D eigenvalue weighted by Gasteiger charge is 2.19. The first-order valence-electron chi connectivity index (χ1n) is 5.60. The van der Waals surface area contributed by atoms with Gasteiger partial charge in [0.25, 0.3) is 0 Å². The molecular weight excluding hydrogens is 359 g/mol. The van der Waals surface area contributed by atoms with Gasteiger partial charge in [-0.05, 0) is 37.0 Å². The van der Waals surface area contributed by atoms with Crippen molar-refractivity contribution in [2.24, 2.45) is 5.92 Å². The molecule has 1 unspecified atom stereocenters. The molecule has 0 aliphatic heterocycles. The molecule has 0 aliphatic carbocycles. The monoisotopic (exact) mass is 372 g/mol. The summed E-state index contributed by atoms with van der Waals surface area (Å²) in [4.78, 5) is 0.128. The minimum absolute atomic E-state index is 0.0984. The number of halogens is 3. The molecule has 18 heavy (non-hydrogen) atoms. The molecule has 0 N–H and O–H groups in total. The highest BCUT2D eigenvalue weighted by molar-refractivity contribution is 9.09. The highest BCUT2D eigenvalue weighted by Crippen LogP contribution is 2.27. The zero-order chi connectivity index (χ0) is 13.8. The molecule has 0 bridgehead atoms. The average Bonchev–Trinajstić information content (AvgIpc) is 2.30. The fourth-order valence-electron chi connectivity index (χ4n) is 1.51. The van der Waals surface area contributed by atoms with Crippen LogP contribution in [0.3, 0.4) is 0 Å². The molecule has 6 heteroatoms. The lowest BCUT2D eigenvalue weighted by molar-refractivity contribution is 0.536. The van der Waals surface area contributed by atoms with Crippen molar-refractivity contribution < 1.29 is 8.42 Å². The second-order valence-corrected chi connectivity index (χ2v) is 7.98. The van der Waals surface area contributed by atoms with Crippen LogP contribution in [0.5, 0.6) is 0 Å². The van der Waals surface area contributed by atoms with Crippen molar-refractivity contribution in [2.45, 2.75) is 24.7 Å². The van der Waals surface area contributed by atoms with Crippen LogP contribution in [0, 0.1) is 5.92 Å². The Hall–Kier alpha value is 0.230. The molecule has 0 radical (unpaired) electrons. The summed E-state index contributed by atoms with van der Waals surface area (Å²) in [5.74, 6) is 0.457. The molecular formula is C12H15BrCl2O2S. The average molecular weight is 374 g/mol. The highest BCUT2D eigenvalue weighted by atomic mass is 79.9. The van der Waals surface area contributed by atoms with E-state index < -0.39 is 9.84 Å². The molecule has 0 spiro atoms. The molecule has 102 valence electrons. The number of hydrogen-bond acceptors (Lipinski definition) is 2. The fourth-order valence-corrected chi connectivity index (χ4v) is 4.61. The Bertz CT molecular complexity index is 503. The molecule has 0 heterocycles. The van der Waals surface area contributed by atoms with E-state index in [9.17, 15) is 8.42 Å². The van der Waals surface area contributed by atoms with Gasteiger partial charge in [-0.3, -0.25) is 0 Å². The molecule has 1 atom stereocenters. The summed E-state index contributed by atoms with van der Waals surface area (Å²) >= 11 is 15.1. The molecule has 0 aromatic heterocycles. The van der Waals surface area contributed by atoms with Gasteiger partial charge in [0.2, 0.25) is 0 Å². The topological polar surface area (TPSA) is 34.1 Å². The minimum Gasteiger partial charge on any atom is -0.224 e. The largest absolute Gasteiger partial charge is 0.224 e. The molecule has 0 fully saturated rings. The minimum atomic E-state index is -3.36. The van der Waals surface area contributed by atoms with E-state index in [2.05, 4.69) is 15.9 Å². The maximum atomic E-state index is 12.2. The van der Waals surface area contributed by atoms with E-state index in [4.69, 9.17) is 23.2 Å². The van der Waals surface area contributed by atoms with Crippen molar-refractivity contribution >= 4 is 49.0 Å². The first-order valence-corrected chi connectivity index (χ1v) is 9.13. The van der Waals surface area contributed by atoms with Crippen LogP contribution in [0.25, 0.3) is 0 Å². The summed E-state index contributed by atoms with van der Waals surface area (Å²) in [6.07, 6.45) is 1.58. The lowest BCUT2D eigenvalue weighted by atomic mass is 10.1. The van der Waals surface area contributed by atoms with Crippen LogP contribution in [-0.2, 0) is 9.84 Å². The normalized spacial score (nSPS) is 13.6. The maximum absolute atomic E-state index is 12.2. The summed E-state index contributed by atoms with van der Waals surface area (Å²) in [7, 11) is -3.36. The predicted octanol–water partition coefficient (Wildman–Crippen LogP) is 4.58. The molecule has 1 aromatic rings. The van der Waals surface area contributed by atoms with Crippen LogP contribution in [-0.4, -0.2) is 19.5 Å². The van der Waals surface area contributed by atoms with Crippen molar-refractivity contribution in [3.05, 3.63) is 28.2 Å². The third-order valence-corrected chi connectivity index (χ3v) is 5.63. The number of sulfone groups is 1. The molecule has 2 nitrogen and oxygen atoms in total. The first kappa shape index (κ1) is 16.3. The fraction of sp³-hybridized carbons (Fsp3) is 0.500. The van der Waals surface area contributed by atoms with Crippen molar-refractivity contribution in [1.82, 2.24) is 0 Å². The number of alkyl halides is 1.